The predicted octanol–water partition coefficient (Wildman–Crippen LogP) is 4.12. The molecular formula is C26H44N2O3. The maximum Gasteiger partial charge on any atom is 0.130 e. The molecule has 5 heteroatoms. The molecule has 5 nitrogen and oxygen atoms in total. The summed E-state index contributed by atoms with van der Waals surface area (Å²) >= 11 is 0. The first-order chi connectivity index (χ1) is 14.9. The molecule has 1 aliphatic heterocycles. The van der Waals surface area contributed by atoms with Gasteiger partial charge in [0.05, 0.1) is 17.9 Å². The molecule has 5 fully saturated rings. The zero-order valence-corrected chi connectivity index (χ0v) is 19.9. The van der Waals surface area contributed by atoms with Crippen molar-refractivity contribution in [3.63, 3.8) is 0 Å². The normalized spacial score (nSPS) is 51.8. The van der Waals surface area contributed by atoms with E-state index >= 15 is 0 Å². The van der Waals surface area contributed by atoms with E-state index in [4.69, 9.17) is 9.99 Å². The number of fused-ring (bicyclic) bond motifs is 5. The van der Waals surface area contributed by atoms with Crippen LogP contribution in [0.5, 0.6) is 0 Å². The van der Waals surface area contributed by atoms with E-state index in [9.17, 15) is 10.2 Å². The molecule has 0 amide bonds. The molecule has 1 heterocycles. The van der Waals surface area contributed by atoms with Gasteiger partial charge >= 0.3 is 0 Å². The van der Waals surface area contributed by atoms with Gasteiger partial charge in [-0.25, -0.2) is 0 Å². The van der Waals surface area contributed by atoms with Gasteiger partial charge in [-0.3, -0.25) is 0 Å². The molecule has 3 N–H and O–H groups in total. The van der Waals surface area contributed by atoms with Crippen molar-refractivity contribution in [1.29, 1.82) is 0 Å². The lowest BCUT2D eigenvalue weighted by Gasteiger charge is -2.63. The quantitative estimate of drug-likeness (QED) is 0.587. The number of hydrogen-bond acceptors (Lipinski definition) is 5. The Morgan fingerprint density at radius 2 is 1.74 bits per heavy atom. The van der Waals surface area contributed by atoms with Gasteiger partial charge in [0.1, 0.15) is 6.10 Å². The molecule has 0 radical (unpaired) electrons. The van der Waals surface area contributed by atoms with Crippen molar-refractivity contribution in [2.45, 2.75) is 103 Å². The van der Waals surface area contributed by atoms with E-state index in [2.05, 4.69) is 26.1 Å². The fraction of sp³-hybridized carbons (Fsp3) is 0.962. The highest BCUT2D eigenvalue weighted by molar-refractivity contribution is 5.87. The number of aliphatic hydroxyl groups excluding tert-OH is 2. The van der Waals surface area contributed by atoms with Crippen molar-refractivity contribution >= 4 is 5.71 Å². The van der Waals surface area contributed by atoms with Gasteiger partial charge in [0.15, 0.2) is 0 Å². The zero-order chi connectivity index (χ0) is 21.8. The van der Waals surface area contributed by atoms with Crippen LogP contribution in [0, 0.1) is 40.4 Å². The Kier molecular flexibility index (Phi) is 5.92. The predicted molar refractivity (Wildman–Crippen MR) is 123 cm³/mol. The molecule has 9 atom stereocenters. The third kappa shape index (κ3) is 3.49. The molecule has 0 aromatic heterocycles. The average molecular weight is 433 g/mol. The van der Waals surface area contributed by atoms with Crippen molar-refractivity contribution in [2.75, 3.05) is 13.1 Å². The van der Waals surface area contributed by atoms with Gasteiger partial charge in [-0.05, 0) is 112 Å². The van der Waals surface area contributed by atoms with Gasteiger partial charge in [0, 0.05) is 5.92 Å². The average Bonchev–Trinajstić information content (AvgIpc) is 3.07. The summed E-state index contributed by atoms with van der Waals surface area (Å²) in [7, 11) is 0. The van der Waals surface area contributed by atoms with E-state index in [-0.39, 0.29) is 29.1 Å². The number of rotatable bonds is 3. The fourth-order valence-electron chi connectivity index (χ4n) is 9.04. The van der Waals surface area contributed by atoms with E-state index in [1.54, 1.807) is 0 Å². The molecule has 5 rings (SSSR count). The molecule has 0 aromatic rings. The summed E-state index contributed by atoms with van der Waals surface area (Å²) in [5, 5.41) is 30.4. The Bertz CT molecular complexity index is 692. The minimum atomic E-state index is -0.263. The third-order valence-electron chi connectivity index (χ3n) is 10.8. The smallest absolute Gasteiger partial charge is 0.130 e. The molecule has 1 saturated heterocycles. The van der Waals surface area contributed by atoms with Gasteiger partial charge in [-0.1, -0.05) is 25.9 Å². The van der Waals surface area contributed by atoms with Crippen molar-refractivity contribution in [3.05, 3.63) is 0 Å². The Morgan fingerprint density at radius 1 is 1.00 bits per heavy atom. The summed E-state index contributed by atoms with van der Waals surface area (Å²) in [6.45, 7) is 9.11. The van der Waals surface area contributed by atoms with E-state index < -0.39 is 0 Å². The van der Waals surface area contributed by atoms with Crippen LogP contribution in [-0.4, -0.2) is 47.3 Å². The molecule has 4 aliphatic carbocycles. The number of nitrogens with zero attached hydrogens (tertiary/aromatic N) is 1. The van der Waals surface area contributed by atoms with Gasteiger partial charge in [-0.2, -0.15) is 0 Å². The monoisotopic (exact) mass is 432 g/mol. The number of nitrogens with one attached hydrogen (secondary N) is 1. The van der Waals surface area contributed by atoms with Gasteiger partial charge < -0.3 is 20.4 Å². The van der Waals surface area contributed by atoms with Crippen LogP contribution in [0.4, 0.5) is 0 Å². The largest absolute Gasteiger partial charge is 0.393 e. The maximum atomic E-state index is 11.5. The summed E-state index contributed by atoms with van der Waals surface area (Å²) in [6.07, 6.45) is 10.4. The first-order valence-electron chi connectivity index (χ1n) is 13.2. The van der Waals surface area contributed by atoms with E-state index in [1.807, 2.05) is 0 Å². The fourth-order valence-corrected chi connectivity index (χ4v) is 9.04. The van der Waals surface area contributed by atoms with Gasteiger partial charge in [0.25, 0.3) is 0 Å². The van der Waals surface area contributed by atoms with Crippen LogP contribution in [-0.2, 0) is 4.84 Å². The van der Waals surface area contributed by atoms with Crippen molar-refractivity contribution < 1.29 is 15.1 Å². The lowest BCUT2D eigenvalue weighted by atomic mass is 9.43. The Hall–Kier alpha value is -0.650. The van der Waals surface area contributed by atoms with Gasteiger partial charge in [0.2, 0.25) is 0 Å². The van der Waals surface area contributed by atoms with Crippen molar-refractivity contribution in [2.24, 2.45) is 45.6 Å². The van der Waals surface area contributed by atoms with Gasteiger partial charge in [-0.15, -0.1) is 0 Å². The molecule has 5 aliphatic rings. The van der Waals surface area contributed by atoms with E-state index in [0.29, 0.717) is 29.6 Å². The molecular weight excluding hydrogens is 388 g/mol. The highest BCUT2D eigenvalue weighted by Crippen LogP contribution is 2.66. The lowest BCUT2D eigenvalue weighted by molar-refractivity contribution is -0.164. The minimum Gasteiger partial charge on any atom is -0.393 e. The highest BCUT2D eigenvalue weighted by atomic mass is 16.6. The molecule has 31 heavy (non-hydrogen) atoms. The summed E-state index contributed by atoms with van der Waals surface area (Å²) in [6, 6.07) is 0. The first kappa shape index (κ1) is 22.2. The molecule has 176 valence electrons. The van der Waals surface area contributed by atoms with Crippen LogP contribution in [0.2, 0.25) is 0 Å². The van der Waals surface area contributed by atoms with Crippen LogP contribution in [0.1, 0.15) is 85.0 Å². The number of aliphatic hydroxyl groups is 2. The van der Waals surface area contributed by atoms with Crippen LogP contribution in [0.15, 0.2) is 5.16 Å². The molecule has 0 aromatic carbocycles. The SMILES string of the molecule is CC[C@H]1/C(=N/OC2CCNCC2)CC[C@@]2(C)C1[C@H](O)C[C@H]1[C@@H]3CC[C@H](O)[C@@]3(C)CC[C@@H]12. The molecule has 1 unspecified atom stereocenters. The maximum absolute atomic E-state index is 11.5. The highest BCUT2D eigenvalue weighted by Gasteiger charge is 2.63. The lowest BCUT2D eigenvalue weighted by Crippen LogP contribution is -2.60. The Labute approximate surface area is 188 Å². The molecule has 0 bridgehead atoms. The summed E-state index contributed by atoms with van der Waals surface area (Å²) in [5.74, 6) is 2.43. The number of piperidine rings is 1. The number of oxime groups is 1. The van der Waals surface area contributed by atoms with Crippen molar-refractivity contribution in [3.8, 4) is 0 Å². The summed E-state index contributed by atoms with van der Waals surface area (Å²) in [4.78, 5) is 6.03. The second-order valence-electron chi connectivity index (χ2n) is 12.0. The van der Waals surface area contributed by atoms with E-state index in [0.717, 1.165) is 70.9 Å². The second kappa shape index (κ2) is 8.29. The minimum absolute atomic E-state index is 0.0677. The van der Waals surface area contributed by atoms with E-state index in [1.165, 1.54) is 12.1 Å². The third-order valence-corrected chi connectivity index (χ3v) is 10.8. The summed E-state index contributed by atoms with van der Waals surface area (Å²) in [5.41, 5.74) is 1.45. The van der Waals surface area contributed by atoms with Crippen LogP contribution in [0.3, 0.4) is 0 Å². The van der Waals surface area contributed by atoms with Crippen molar-refractivity contribution in [1.82, 2.24) is 5.32 Å². The Morgan fingerprint density at radius 3 is 2.48 bits per heavy atom. The zero-order valence-electron chi connectivity index (χ0n) is 19.9. The number of hydrogen-bond donors (Lipinski definition) is 3. The Balaban J connectivity index is 1.38. The molecule has 0 spiro atoms. The van der Waals surface area contributed by atoms with Crippen LogP contribution in [0.25, 0.3) is 0 Å². The molecule has 4 saturated carbocycles. The van der Waals surface area contributed by atoms with Crippen LogP contribution < -0.4 is 5.32 Å². The second-order valence-corrected chi connectivity index (χ2v) is 12.0. The first-order valence-corrected chi connectivity index (χ1v) is 13.2. The summed E-state index contributed by atoms with van der Waals surface area (Å²) < 4.78 is 0. The van der Waals surface area contributed by atoms with Crippen LogP contribution >= 0.6 is 0 Å². The standard InChI is InChI=1S/C26H44N2O3/c1-4-17-21(28-31-16-9-13-27-14-10-16)8-12-26(3)20-7-11-25(2)19(5-6-23(25)30)18(20)15-22(29)24(17)26/h16-20,22-24,27,29-30H,4-15H2,1-3H3/b28-21+/t17-,18-,19-,20-,22+,23-,24?,25-,26+/m0/s1. The topological polar surface area (TPSA) is 74.1 Å².